The number of hydrogen-bond acceptors (Lipinski definition) is 9. The van der Waals surface area contributed by atoms with Gasteiger partial charge < -0.3 is 24.6 Å². The molecule has 316 valence electrons. The van der Waals surface area contributed by atoms with E-state index in [1.807, 2.05) is 0 Å². The van der Waals surface area contributed by atoms with Crippen molar-refractivity contribution < 1.29 is 47.8 Å². The number of ether oxygens (including phenoxy) is 2. The normalized spacial score (nSPS) is 14.2. The molecule has 0 saturated carbocycles. The maximum absolute atomic E-state index is 12.6. The fourth-order valence-corrected chi connectivity index (χ4v) is 6.56. The first-order chi connectivity index (χ1) is 26.2. The van der Waals surface area contributed by atoms with Crippen molar-refractivity contribution in [2.45, 2.75) is 199 Å². The maximum Gasteiger partial charge on any atom is 0.472 e. The second-order valence-electron chi connectivity index (χ2n) is 14.3. The van der Waals surface area contributed by atoms with Gasteiger partial charge in [-0.3, -0.25) is 18.6 Å². The summed E-state index contributed by atoms with van der Waals surface area (Å²) in [5.41, 5.74) is 0. The average Bonchev–Trinajstić information content (AvgIpc) is 3.16. The van der Waals surface area contributed by atoms with E-state index in [-0.39, 0.29) is 19.4 Å². The number of aliphatic hydroxyl groups is 2. The van der Waals surface area contributed by atoms with Crippen molar-refractivity contribution >= 4 is 19.8 Å². The van der Waals surface area contributed by atoms with Crippen molar-refractivity contribution in [1.82, 2.24) is 0 Å². The van der Waals surface area contributed by atoms with Gasteiger partial charge in [-0.2, -0.15) is 0 Å². The molecule has 3 unspecified atom stereocenters. The monoisotopic (exact) mass is 787 g/mol. The molecule has 0 aromatic heterocycles. The largest absolute Gasteiger partial charge is 0.472 e. The zero-order valence-electron chi connectivity index (χ0n) is 34.2. The minimum atomic E-state index is -4.62. The first-order valence-electron chi connectivity index (χ1n) is 21.4. The Bertz CT molecular complexity index is 999. The molecule has 10 nitrogen and oxygen atoms in total. The van der Waals surface area contributed by atoms with E-state index in [1.165, 1.54) is 77.0 Å². The van der Waals surface area contributed by atoms with Crippen LogP contribution in [0.25, 0.3) is 0 Å². The Morgan fingerprint density at radius 3 is 1.54 bits per heavy atom. The van der Waals surface area contributed by atoms with Gasteiger partial charge in [0.05, 0.1) is 19.8 Å². The lowest BCUT2D eigenvalue weighted by molar-refractivity contribution is -0.161. The molecule has 0 aliphatic rings. The van der Waals surface area contributed by atoms with Crippen LogP contribution in [0.4, 0.5) is 0 Å². The highest BCUT2D eigenvalue weighted by Gasteiger charge is 2.27. The number of rotatable bonds is 40. The van der Waals surface area contributed by atoms with Gasteiger partial charge in [0.1, 0.15) is 12.7 Å². The van der Waals surface area contributed by atoms with Crippen LogP contribution < -0.4 is 0 Å². The molecule has 3 atom stereocenters. The summed E-state index contributed by atoms with van der Waals surface area (Å²) in [6.45, 7) is 2.26. The van der Waals surface area contributed by atoms with Gasteiger partial charge in [-0.25, -0.2) is 4.57 Å². The molecule has 0 aliphatic carbocycles. The lowest BCUT2D eigenvalue weighted by atomic mass is 10.0. The molecule has 0 amide bonds. The Morgan fingerprint density at radius 2 is 1.02 bits per heavy atom. The molecular weight excluding hydrogens is 707 g/mol. The number of carbonyl (C=O) groups is 2. The molecule has 0 aromatic rings. The van der Waals surface area contributed by atoms with Gasteiger partial charge in [0.25, 0.3) is 0 Å². The smallest absolute Gasteiger partial charge is 0.462 e. The summed E-state index contributed by atoms with van der Waals surface area (Å²) in [6, 6.07) is 0. The summed E-state index contributed by atoms with van der Waals surface area (Å²) in [5, 5.41) is 18.3. The standard InChI is InChI=1S/C43H79O10P/c1-3-5-7-9-11-13-15-17-19-21-22-24-26-28-30-32-34-42(46)50-38-41(39-52-54(48,49)51-37-40(45)36-44)53-43(47)35-33-31-29-27-25-23-20-18-16-14-12-10-8-6-4-2/h6,8,12,14,18,20,40-41,44-45H,3-5,7,9-11,13,15-17,19,21-39H2,1-2H3,(H,48,49)/b8-6-,14-12-,20-18-. The molecule has 0 aliphatic heterocycles. The van der Waals surface area contributed by atoms with Crippen LogP contribution in [0.5, 0.6) is 0 Å². The molecule has 0 radical (unpaired) electrons. The zero-order valence-corrected chi connectivity index (χ0v) is 35.1. The van der Waals surface area contributed by atoms with Crippen LogP contribution in [0.1, 0.15) is 187 Å². The SMILES string of the molecule is CC/C=C\C/C=C\C/C=C\CCCCCCCC(=O)OC(COC(=O)CCCCCCCCCCCCCCCCCC)COP(=O)(O)OCC(O)CO. The Labute approximate surface area is 329 Å². The fraction of sp³-hybridized carbons (Fsp3) is 0.814. The number of phosphoric acid groups is 1. The van der Waals surface area contributed by atoms with Crippen LogP contribution in [-0.4, -0.2) is 65.7 Å². The quantitative estimate of drug-likeness (QED) is 0.0237. The first kappa shape index (κ1) is 52.2. The lowest BCUT2D eigenvalue weighted by Crippen LogP contribution is -2.29. The molecule has 0 heterocycles. The fourth-order valence-electron chi connectivity index (χ4n) is 5.77. The average molecular weight is 787 g/mol. The van der Waals surface area contributed by atoms with Gasteiger partial charge >= 0.3 is 19.8 Å². The van der Waals surface area contributed by atoms with Crippen molar-refractivity contribution in [2.24, 2.45) is 0 Å². The first-order valence-corrected chi connectivity index (χ1v) is 22.9. The molecule has 11 heteroatoms. The van der Waals surface area contributed by atoms with E-state index in [0.29, 0.717) is 12.8 Å². The number of unbranched alkanes of at least 4 members (excludes halogenated alkanes) is 20. The minimum Gasteiger partial charge on any atom is -0.462 e. The summed E-state index contributed by atoms with van der Waals surface area (Å²) in [5.74, 6) is -0.940. The van der Waals surface area contributed by atoms with Crippen molar-refractivity contribution in [3.05, 3.63) is 36.5 Å². The summed E-state index contributed by atoms with van der Waals surface area (Å²) in [7, 11) is -4.62. The molecule has 0 fully saturated rings. The predicted octanol–water partition coefficient (Wildman–Crippen LogP) is 11.2. The molecule has 0 saturated heterocycles. The number of hydrogen-bond donors (Lipinski definition) is 3. The van der Waals surface area contributed by atoms with Crippen LogP contribution in [0.15, 0.2) is 36.5 Å². The molecule has 54 heavy (non-hydrogen) atoms. The van der Waals surface area contributed by atoms with Gasteiger partial charge in [0.15, 0.2) is 6.10 Å². The number of allylic oxidation sites excluding steroid dienone is 6. The van der Waals surface area contributed by atoms with Crippen LogP contribution in [0.2, 0.25) is 0 Å². The summed E-state index contributed by atoms with van der Waals surface area (Å²) in [4.78, 5) is 35.0. The van der Waals surface area contributed by atoms with Crippen LogP contribution in [0, 0.1) is 0 Å². The summed E-state index contributed by atoms with van der Waals surface area (Å²) < 4.78 is 32.7. The molecule has 3 N–H and O–H groups in total. The van der Waals surface area contributed by atoms with E-state index in [4.69, 9.17) is 19.1 Å². The molecule has 0 aromatic carbocycles. The Balaban J connectivity index is 4.30. The topological polar surface area (TPSA) is 149 Å². The third-order valence-electron chi connectivity index (χ3n) is 9.06. The van der Waals surface area contributed by atoms with Gasteiger partial charge in [-0.1, -0.05) is 166 Å². The molecular formula is C43H79O10P. The van der Waals surface area contributed by atoms with Crippen molar-refractivity contribution in [1.29, 1.82) is 0 Å². The van der Waals surface area contributed by atoms with Crippen molar-refractivity contribution in [3.63, 3.8) is 0 Å². The van der Waals surface area contributed by atoms with E-state index < -0.39 is 51.8 Å². The number of esters is 2. The van der Waals surface area contributed by atoms with Crippen LogP contribution in [0.3, 0.4) is 0 Å². The van der Waals surface area contributed by atoms with Crippen LogP contribution >= 0.6 is 7.82 Å². The number of carbonyl (C=O) groups excluding carboxylic acids is 2. The summed E-state index contributed by atoms with van der Waals surface area (Å²) >= 11 is 0. The minimum absolute atomic E-state index is 0.166. The highest BCUT2D eigenvalue weighted by Crippen LogP contribution is 2.43. The number of aliphatic hydroxyl groups excluding tert-OH is 2. The second-order valence-corrected chi connectivity index (χ2v) is 15.8. The van der Waals surface area contributed by atoms with E-state index in [9.17, 15) is 24.2 Å². The molecule has 0 spiro atoms. The maximum atomic E-state index is 12.6. The van der Waals surface area contributed by atoms with E-state index in [2.05, 4.69) is 54.8 Å². The Morgan fingerprint density at radius 1 is 0.574 bits per heavy atom. The second kappa shape index (κ2) is 39.4. The van der Waals surface area contributed by atoms with Gasteiger partial charge in [0.2, 0.25) is 0 Å². The summed E-state index contributed by atoms with van der Waals surface area (Å²) in [6.07, 6.45) is 39.6. The van der Waals surface area contributed by atoms with Gasteiger partial charge in [-0.15, -0.1) is 0 Å². The van der Waals surface area contributed by atoms with Gasteiger partial charge in [-0.05, 0) is 44.9 Å². The Hall–Kier alpha value is -1.81. The third-order valence-corrected chi connectivity index (χ3v) is 10.0. The Kier molecular flexibility index (Phi) is 38.1. The van der Waals surface area contributed by atoms with Crippen molar-refractivity contribution in [2.75, 3.05) is 26.4 Å². The van der Waals surface area contributed by atoms with Crippen molar-refractivity contribution in [3.8, 4) is 0 Å². The van der Waals surface area contributed by atoms with Crippen LogP contribution in [-0.2, 0) is 32.7 Å². The van der Waals surface area contributed by atoms with Gasteiger partial charge in [0, 0.05) is 12.8 Å². The molecule has 0 rings (SSSR count). The predicted molar refractivity (Wildman–Crippen MR) is 219 cm³/mol. The highest BCUT2D eigenvalue weighted by atomic mass is 31.2. The van der Waals surface area contributed by atoms with E-state index >= 15 is 0 Å². The molecule has 0 bridgehead atoms. The number of phosphoric ester groups is 1. The zero-order chi connectivity index (χ0) is 39.8. The lowest BCUT2D eigenvalue weighted by Gasteiger charge is -2.20. The van der Waals surface area contributed by atoms with E-state index in [1.54, 1.807) is 0 Å². The third kappa shape index (κ3) is 38.5. The van der Waals surface area contributed by atoms with E-state index in [0.717, 1.165) is 70.6 Å². The highest BCUT2D eigenvalue weighted by molar-refractivity contribution is 7.47.